The zero-order valence-corrected chi connectivity index (χ0v) is 13.8. The van der Waals surface area contributed by atoms with E-state index >= 15 is 0 Å². The van der Waals surface area contributed by atoms with E-state index < -0.39 is 0 Å². The van der Waals surface area contributed by atoms with Crippen molar-refractivity contribution < 1.29 is 9.90 Å². The molecule has 0 bridgehead atoms. The number of hydrogen-bond acceptors (Lipinski definition) is 5. The Morgan fingerprint density at radius 2 is 2.22 bits per heavy atom. The Morgan fingerprint density at radius 3 is 2.83 bits per heavy atom. The third kappa shape index (κ3) is 2.67. The predicted molar refractivity (Wildman–Crippen MR) is 87.0 cm³/mol. The first kappa shape index (κ1) is 15.8. The van der Waals surface area contributed by atoms with Gasteiger partial charge in [-0.15, -0.1) is 0 Å². The van der Waals surface area contributed by atoms with Crippen molar-refractivity contribution in [3.8, 4) is 0 Å². The Morgan fingerprint density at radius 1 is 1.48 bits per heavy atom. The standard InChI is InChI=1S/C17H22N4O2/c1-5-12-10(3)13(7-14(12)23)21-8-18-16-11(4)19-15(6-9(2)22)20-17(16)21/h8,12-14,23H,3,5-7H2,1-2,4H3/t12-,13-,14-/m0/s1. The first-order valence-electron chi connectivity index (χ1n) is 7.98. The first-order valence-corrected chi connectivity index (χ1v) is 7.98. The zero-order valence-electron chi connectivity index (χ0n) is 13.8. The first-order chi connectivity index (χ1) is 10.9. The number of hydrogen-bond donors (Lipinski definition) is 1. The van der Waals surface area contributed by atoms with Gasteiger partial charge in [-0.25, -0.2) is 15.0 Å². The molecule has 0 aliphatic heterocycles. The number of aliphatic hydroxyl groups is 1. The Bertz CT molecular complexity index is 780. The molecular weight excluding hydrogens is 292 g/mol. The second kappa shape index (κ2) is 5.85. The van der Waals surface area contributed by atoms with E-state index in [-0.39, 0.29) is 30.3 Å². The molecule has 1 N–H and O–H groups in total. The van der Waals surface area contributed by atoms with Crippen molar-refractivity contribution in [2.24, 2.45) is 5.92 Å². The highest BCUT2D eigenvalue weighted by atomic mass is 16.3. The highest BCUT2D eigenvalue weighted by Gasteiger charge is 2.37. The van der Waals surface area contributed by atoms with Crippen LogP contribution in [0.1, 0.15) is 44.2 Å². The molecule has 3 atom stereocenters. The number of aryl methyl sites for hydroxylation is 1. The van der Waals surface area contributed by atoms with Crippen LogP contribution in [0.4, 0.5) is 0 Å². The van der Waals surface area contributed by atoms with Gasteiger partial charge in [-0.3, -0.25) is 4.79 Å². The summed E-state index contributed by atoms with van der Waals surface area (Å²) < 4.78 is 1.97. The van der Waals surface area contributed by atoms with Gasteiger partial charge in [-0.2, -0.15) is 0 Å². The molecule has 1 aliphatic rings. The molecule has 2 aromatic heterocycles. The van der Waals surface area contributed by atoms with Gasteiger partial charge in [0, 0.05) is 5.92 Å². The number of rotatable bonds is 4. The van der Waals surface area contributed by atoms with Gasteiger partial charge >= 0.3 is 0 Å². The molecule has 6 heteroatoms. The second-order valence-electron chi connectivity index (χ2n) is 6.34. The summed E-state index contributed by atoms with van der Waals surface area (Å²) in [6.07, 6.45) is 3.06. The van der Waals surface area contributed by atoms with E-state index in [0.29, 0.717) is 17.9 Å². The van der Waals surface area contributed by atoms with Crippen molar-refractivity contribution in [1.29, 1.82) is 0 Å². The second-order valence-corrected chi connectivity index (χ2v) is 6.34. The van der Waals surface area contributed by atoms with E-state index in [1.165, 1.54) is 6.92 Å². The fraction of sp³-hybridized carbons (Fsp3) is 0.529. The summed E-state index contributed by atoms with van der Waals surface area (Å²) in [5.74, 6) is 0.652. The van der Waals surface area contributed by atoms with Gasteiger partial charge in [-0.1, -0.05) is 13.5 Å². The molecular formula is C17H22N4O2. The number of nitrogens with zero attached hydrogens (tertiary/aromatic N) is 4. The fourth-order valence-electron chi connectivity index (χ4n) is 3.51. The van der Waals surface area contributed by atoms with Crippen molar-refractivity contribution in [3.63, 3.8) is 0 Å². The molecule has 0 unspecified atom stereocenters. The SMILES string of the molecule is C=C1[C@H](CC)[C@@H](O)C[C@@H]1n1cnc2c(C)nc(CC(C)=O)nc21. The van der Waals surface area contributed by atoms with Crippen LogP contribution in [-0.4, -0.2) is 36.5 Å². The van der Waals surface area contributed by atoms with Crippen LogP contribution in [0, 0.1) is 12.8 Å². The van der Waals surface area contributed by atoms with Crippen LogP contribution in [0.5, 0.6) is 0 Å². The molecule has 0 radical (unpaired) electrons. The highest BCUT2D eigenvalue weighted by molar-refractivity contribution is 5.79. The number of imidazole rings is 1. The summed E-state index contributed by atoms with van der Waals surface area (Å²) in [5.41, 5.74) is 3.23. The molecule has 1 fully saturated rings. The zero-order chi connectivity index (χ0) is 16.7. The normalized spacial score (nSPS) is 24.5. The van der Waals surface area contributed by atoms with Crippen molar-refractivity contribution in [2.45, 2.75) is 52.2 Å². The van der Waals surface area contributed by atoms with Crippen LogP contribution in [-0.2, 0) is 11.2 Å². The summed E-state index contributed by atoms with van der Waals surface area (Å²) in [6, 6.07) is -0.0144. The minimum atomic E-state index is -0.380. The number of Topliss-reactive ketones (excluding diaryl/α,β-unsaturated/α-hetero) is 1. The number of carbonyl (C=O) groups is 1. The van der Waals surface area contributed by atoms with Gasteiger partial charge in [0.2, 0.25) is 0 Å². The summed E-state index contributed by atoms with van der Waals surface area (Å²) in [7, 11) is 0. The lowest BCUT2D eigenvalue weighted by Crippen LogP contribution is -2.12. The topological polar surface area (TPSA) is 80.9 Å². The van der Waals surface area contributed by atoms with E-state index in [4.69, 9.17) is 0 Å². The van der Waals surface area contributed by atoms with Crippen LogP contribution >= 0.6 is 0 Å². The Balaban J connectivity index is 2.07. The molecule has 6 nitrogen and oxygen atoms in total. The number of aromatic nitrogens is 4. The van der Waals surface area contributed by atoms with Crippen LogP contribution in [0.25, 0.3) is 11.2 Å². The summed E-state index contributed by atoms with van der Waals surface area (Å²) >= 11 is 0. The van der Waals surface area contributed by atoms with Gasteiger partial charge in [-0.05, 0) is 32.3 Å². The maximum absolute atomic E-state index is 11.4. The van der Waals surface area contributed by atoms with Gasteiger partial charge in [0.1, 0.15) is 17.1 Å². The van der Waals surface area contributed by atoms with E-state index in [2.05, 4.69) is 28.5 Å². The van der Waals surface area contributed by atoms with Crippen LogP contribution in [0.3, 0.4) is 0 Å². The molecule has 0 saturated heterocycles. The molecule has 1 aliphatic carbocycles. The summed E-state index contributed by atoms with van der Waals surface area (Å²) in [6.45, 7) is 9.65. The van der Waals surface area contributed by atoms with Crippen molar-refractivity contribution >= 4 is 16.9 Å². The third-order valence-electron chi connectivity index (χ3n) is 4.66. The summed E-state index contributed by atoms with van der Waals surface area (Å²) in [5, 5.41) is 10.3. The van der Waals surface area contributed by atoms with Crippen LogP contribution < -0.4 is 0 Å². The minimum absolute atomic E-state index is 0.0144. The van der Waals surface area contributed by atoms with Gasteiger partial charge < -0.3 is 9.67 Å². The molecule has 1 saturated carbocycles. The fourth-order valence-corrected chi connectivity index (χ4v) is 3.51. The number of carbonyl (C=O) groups excluding carboxylic acids is 1. The molecule has 0 amide bonds. The lowest BCUT2D eigenvalue weighted by Gasteiger charge is -2.16. The Labute approximate surface area is 135 Å². The summed E-state index contributed by atoms with van der Waals surface area (Å²) in [4.78, 5) is 24.7. The highest BCUT2D eigenvalue weighted by Crippen LogP contribution is 2.41. The van der Waals surface area contributed by atoms with E-state index in [1.807, 2.05) is 11.5 Å². The van der Waals surface area contributed by atoms with E-state index in [9.17, 15) is 9.90 Å². The number of fused-ring (bicyclic) bond motifs is 1. The third-order valence-corrected chi connectivity index (χ3v) is 4.66. The molecule has 0 aromatic carbocycles. The van der Waals surface area contributed by atoms with Gasteiger partial charge in [0.05, 0.1) is 30.6 Å². The monoisotopic (exact) mass is 314 g/mol. The van der Waals surface area contributed by atoms with Gasteiger partial charge in [0.25, 0.3) is 0 Å². The number of aliphatic hydroxyl groups excluding tert-OH is 1. The average molecular weight is 314 g/mol. The van der Waals surface area contributed by atoms with E-state index in [0.717, 1.165) is 23.2 Å². The number of ketones is 1. The average Bonchev–Trinajstić information content (AvgIpc) is 2.99. The molecule has 2 heterocycles. The van der Waals surface area contributed by atoms with Crippen LogP contribution in [0.15, 0.2) is 18.5 Å². The lowest BCUT2D eigenvalue weighted by atomic mass is 9.98. The van der Waals surface area contributed by atoms with Crippen molar-refractivity contribution in [1.82, 2.24) is 19.5 Å². The predicted octanol–water partition coefficient (Wildman–Crippen LogP) is 2.15. The molecule has 23 heavy (non-hydrogen) atoms. The largest absolute Gasteiger partial charge is 0.392 e. The maximum atomic E-state index is 11.4. The minimum Gasteiger partial charge on any atom is -0.392 e. The maximum Gasteiger partial charge on any atom is 0.164 e. The molecule has 2 aromatic rings. The molecule has 122 valence electrons. The van der Waals surface area contributed by atoms with Crippen molar-refractivity contribution in [3.05, 3.63) is 30.0 Å². The Hall–Kier alpha value is -2.08. The quantitative estimate of drug-likeness (QED) is 0.875. The van der Waals surface area contributed by atoms with Crippen LogP contribution in [0.2, 0.25) is 0 Å². The molecule has 0 spiro atoms. The van der Waals surface area contributed by atoms with E-state index in [1.54, 1.807) is 6.33 Å². The Kier molecular flexibility index (Phi) is 4.02. The van der Waals surface area contributed by atoms with Crippen molar-refractivity contribution in [2.75, 3.05) is 0 Å². The smallest absolute Gasteiger partial charge is 0.164 e. The molecule has 3 rings (SSSR count). The van der Waals surface area contributed by atoms with Gasteiger partial charge in [0.15, 0.2) is 5.65 Å². The lowest BCUT2D eigenvalue weighted by molar-refractivity contribution is -0.116.